The summed E-state index contributed by atoms with van der Waals surface area (Å²) in [6.07, 6.45) is 2.80. The highest BCUT2D eigenvalue weighted by Gasteiger charge is 2.19. The molecule has 0 bridgehead atoms. The van der Waals surface area contributed by atoms with Crippen molar-refractivity contribution >= 4 is 12.4 Å². The third-order valence-corrected chi connectivity index (χ3v) is 3.77. The summed E-state index contributed by atoms with van der Waals surface area (Å²) in [4.78, 5) is 11.9. The summed E-state index contributed by atoms with van der Waals surface area (Å²) in [5.41, 5.74) is -0.130. The van der Waals surface area contributed by atoms with Crippen LogP contribution in [0.3, 0.4) is 0 Å². The van der Waals surface area contributed by atoms with Crippen LogP contribution in [0.5, 0.6) is 0 Å². The van der Waals surface area contributed by atoms with Crippen molar-refractivity contribution in [2.75, 3.05) is 13.1 Å². The molecule has 0 unspecified atom stereocenters. The van der Waals surface area contributed by atoms with Gasteiger partial charge in [-0.3, -0.25) is 0 Å². The van der Waals surface area contributed by atoms with Crippen molar-refractivity contribution in [1.29, 1.82) is 0 Å². The number of nitrogens with one attached hydrogen (secondary N) is 2. The fourth-order valence-electron chi connectivity index (χ4n) is 2.69. The first-order chi connectivity index (χ1) is 9.75. The minimum absolute atomic E-state index is 0. The van der Waals surface area contributed by atoms with Gasteiger partial charge in [0, 0.05) is 6.42 Å². The van der Waals surface area contributed by atoms with E-state index in [1.807, 2.05) is 0 Å². The predicted molar refractivity (Wildman–Crippen MR) is 80.7 cm³/mol. The molecule has 0 aliphatic carbocycles. The molecule has 0 radical (unpaired) electrons. The van der Waals surface area contributed by atoms with Crippen LogP contribution in [0.2, 0.25) is 0 Å². The smallest absolute Gasteiger partial charge is 0.317 e. The highest BCUT2D eigenvalue weighted by molar-refractivity contribution is 5.85. The van der Waals surface area contributed by atoms with E-state index in [2.05, 4.69) is 15.5 Å². The van der Waals surface area contributed by atoms with Gasteiger partial charge in [-0.15, -0.1) is 12.4 Å². The van der Waals surface area contributed by atoms with E-state index in [1.54, 1.807) is 18.2 Å². The van der Waals surface area contributed by atoms with Crippen molar-refractivity contribution in [3.8, 4) is 5.69 Å². The van der Waals surface area contributed by atoms with E-state index in [0.717, 1.165) is 25.9 Å². The molecule has 5 nitrogen and oxygen atoms in total. The number of halogens is 2. The van der Waals surface area contributed by atoms with Gasteiger partial charge in [-0.1, -0.05) is 12.1 Å². The normalized spacial score (nSPS) is 15.7. The minimum atomic E-state index is -0.414. The Morgan fingerprint density at radius 3 is 2.71 bits per heavy atom. The lowest BCUT2D eigenvalue weighted by Crippen LogP contribution is -2.29. The average Bonchev–Trinajstić information content (AvgIpc) is 2.82. The van der Waals surface area contributed by atoms with Crippen molar-refractivity contribution in [3.05, 3.63) is 46.4 Å². The van der Waals surface area contributed by atoms with Crippen LogP contribution in [0, 0.1) is 11.7 Å². The lowest BCUT2D eigenvalue weighted by Gasteiger charge is -2.22. The number of aromatic nitrogens is 3. The zero-order valence-corrected chi connectivity index (χ0v) is 12.3. The SMILES string of the molecule is Cl.O=c1[nH]nc(CC2CCNCC2)n1-c1ccccc1F. The summed E-state index contributed by atoms with van der Waals surface area (Å²) >= 11 is 0. The first kappa shape index (κ1) is 15.7. The van der Waals surface area contributed by atoms with Crippen molar-refractivity contribution in [1.82, 2.24) is 20.1 Å². The Hall–Kier alpha value is -1.66. The molecule has 0 amide bonds. The zero-order valence-electron chi connectivity index (χ0n) is 11.5. The fourth-order valence-corrected chi connectivity index (χ4v) is 2.69. The number of hydrogen-bond acceptors (Lipinski definition) is 3. The number of benzene rings is 1. The summed E-state index contributed by atoms with van der Waals surface area (Å²) in [5, 5.41) is 9.80. The first-order valence-corrected chi connectivity index (χ1v) is 6.87. The predicted octanol–water partition coefficient (Wildman–Crippen LogP) is 1.66. The standard InChI is InChI=1S/C14H17FN4O.ClH/c15-11-3-1-2-4-12(11)19-13(17-18-14(19)20)9-10-5-7-16-8-6-10;/h1-4,10,16H,5-9H2,(H,18,20);1H. The molecular weight excluding hydrogens is 295 g/mol. The molecular formula is C14H18ClFN4O. The molecule has 1 saturated heterocycles. The van der Waals surface area contributed by atoms with Crippen LogP contribution in [0.1, 0.15) is 18.7 Å². The van der Waals surface area contributed by atoms with Crippen LogP contribution in [0.15, 0.2) is 29.1 Å². The van der Waals surface area contributed by atoms with Gasteiger partial charge in [-0.2, -0.15) is 5.10 Å². The fraction of sp³-hybridized carbons (Fsp3) is 0.429. The number of rotatable bonds is 3. The van der Waals surface area contributed by atoms with E-state index in [9.17, 15) is 9.18 Å². The topological polar surface area (TPSA) is 62.7 Å². The summed E-state index contributed by atoms with van der Waals surface area (Å²) in [5.74, 6) is 0.673. The first-order valence-electron chi connectivity index (χ1n) is 6.87. The van der Waals surface area contributed by atoms with E-state index in [-0.39, 0.29) is 23.8 Å². The number of para-hydroxylation sites is 1. The number of piperidine rings is 1. The maximum Gasteiger partial charge on any atom is 0.348 e. The van der Waals surface area contributed by atoms with Crippen molar-refractivity contribution in [2.24, 2.45) is 5.92 Å². The van der Waals surface area contributed by atoms with Crippen molar-refractivity contribution < 1.29 is 4.39 Å². The van der Waals surface area contributed by atoms with E-state index in [1.165, 1.54) is 10.6 Å². The monoisotopic (exact) mass is 312 g/mol. The molecule has 0 saturated carbocycles. The Labute approximate surface area is 128 Å². The van der Waals surface area contributed by atoms with E-state index >= 15 is 0 Å². The Morgan fingerprint density at radius 1 is 1.29 bits per heavy atom. The highest BCUT2D eigenvalue weighted by Crippen LogP contribution is 2.19. The zero-order chi connectivity index (χ0) is 13.9. The van der Waals surface area contributed by atoms with Gasteiger partial charge < -0.3 is 5.32 Å². The number of hydrogen-bond donors (Lipinski definition) is 2. The number of H-pyrrole nitrogens is 1. The average molecular weight is 313 g/mol. The van der Waals surface area contributed by atoms with Crippen LogP contribution in [-0.2, 0) is 6.42 Å². The molecule has 0 atom stereocenters. The van der Waals surface area contributed by atoms with E-state index < -0.39 is 5.82 Å². The Bertz CT molecular complexity index is 648. The van der Waals surface area contributed by atoms with Crippen LogP contribution >= 0.6 is 12.4 Å². The molecule has 1 fully saturated rings. The molecule has 2 N–H and O–H groups in total. The molecule has 1 aliphatic heterocycles. The van der Waals surface area contributed by atoms with Gasteiger partial charge >= 0.3 is 5.69 Å². The van der Waals surface area contributed by atoms with Gasteiger partial charge in [0.1, 0.15) is 11.6 Å². The second kappa shape index (κ2) is 6.87. The molecule has 3 rings (SSSR count). The molecule has 7 heteroatoms. The Balaban J connectivity index is 0.00000161. The van der Waals surface area contributed by atoms with Gasteiger partial charge in [0.2, 0.25) is 0 Å². The second-order valence-corrected chi connectivity index (χ2v) is 5.13. The lowest BCUT2D eigenvalue weighted by molar-refractivity contribution is 0.365. The van der Waals surface area contributed by atoms with Gasteiger partial charge in [0.15, 0.2) is 0 Å². The number of aromatic amines is 1. The molecule has 2 aromatic rings. The second-order valence-electron chi connectivity index (χ2n) is 5.13. The van der Waals surface area contributed by atoms with Crippen LogP contribution in [0.4, 0.5) is 4.39 Å². The van der Waals surface area contributed by atoms with Crippen molar-refractivity contribution in [2.45, 2.75) is 19.3 Å². The molecule has 1 aliphatic rings. The van der Waals surface area contributed by atoms with Crippen LogP contribution in [0.25, 0.3) is 5.69 Å². The van der Waals surface area contributed by atoms with Crippen molar-refractivity contribution in [3.63, 3.8) is 0 Å². The third kappa shape index (κ3) is 3.33. The number of nitrogens with zero attached hydrogens (tertiary/aromatic N) is 2. The maximum atomic E-state index is 13.9. The summed E-state index contributed by atoms with van der Waals surface area (Å²) < 4.78 is 15.2. The molecule has 0 spiro atoms. The quantitative estimate of drug-likeness (QED) is 0.906. The summed E-state index contributed by atoms with van der Waals surface area (Å²) in [6, 6.07) is 6.27. The largest absolute Gasteiger partial charge is 0.348 e. The minimum Gasteiger partial charge on any atom is -0.317 e. The molecule has 1 aromatic carbocycles. The maximum absolute atomic E-state index is 13.9. The van der Waals surface area contributed by atoms with Gasteiger partial charge in [-0.05, 0) is 44.0 Å². The lowest BCUT2D eigenvalue weighted by atomic mass is 9.94. The molecule has 2 heterocycles. The molecule has 21 heavy (non-hydrogen) atoms. The Kier molecular flexibility index (Phi) is 5.14. The molecule has 114 valence electrons. The van der Waals surface area contributed by atoms with Gasteiger partial charge in [0.25, 0.3) is 0 Å². The van der Waals surface area contributed by atoms with E-state index in [0.29, 0.717) is 18.2 Å². The van der Waals surface area contributed by atoms with Crippen LogP contribution < -0.4 is 11.0 Å². The van der Waals surface area contributed by atoms with Crippen LogP contribution in [-0.4, -0.2) is 27.9 Å². The highest BCUT2D eigenvalue weighted by atomic mass is 35.5. The Morgan fingerprint density at radius 2 is 2.00 bits per heavy atom. The van der Waals surface area contributed by atoms with E-state index in [4.69, 9.17) is 0 Å². The van der Waals surface area contributed by atoms with Gasteiger partial charge in [-0.25, -0.2) is 18.9 Å². The van der Waals surface area contributed by atoms with Gasteiger partial charge in [0.05, 0.1) is 5.69 Å². The summed E-state index contributed by atoms with van der Waals surface area (Å²) in [6.45, 7) is 1.97. The third-order valence-electron chi connectivity index (χ3n) is 3.77. The summed E-state index contributed by atoms with van der Waals surface area (Å²) in [7, 11) is 0. The molecule has 1 aromatic heterocycles.